The molecule has 0 aliphatic carbocycles. The van der Waals surface area contributed by atoms with Crippen LogP contribution in [0, 0.1) is 0 Å². The Balaban J connectivity index is 1.92. The molecule has 0 amide bonds. The first-order valence-electron chi connectivity index (χ1n) is 4.78. The second kappa shape index (κ2) is 5.14. The van der Waals surface area contributed by atoms with E-state index in [1.165, 1.54) is 0 Å². The van der Waals surface area contributed by atoms with E-state index >= 15 is 0 Å². The van der Waals surface area contributed by atoms with Gasteiger partial charge in [0.05, 0.1) is 6.10 Å². The highest BCUT2D eigenvalue weighted by molar-refractivity contribution is 9.10. The van der Waals surface area contributed by atoms with Gasteiger partial charge >= 0.3 is 0 Å². The van der Waals surface area contributed by atoms with Crippen molar-refractivity contribution >= 4 is 33.5 Å². The third kappa shape index (κ3) is 3.32. The third-order valence-corrected chi connectivity index (χ3v) is 3.50. The van der Waals surface area contributed by atoms with Crippen molar-refractivity contribution in [2.75, 3.05) is 18.1 Å². The van der Waals surface area contributed by atoms with E-state index in [9.17, 15) is 0 Å². The number of nitrogens with zero attached hydrogens (tertiary/aromatic N) is 2. The van der Waals surface area contributed by atoms with Gasteiger partial charge in [0.1, 0.15) is 10.4 Å². The van der Waals surface area contributed by atoms with Crippen LogP contribution >= 0.6 is 27.7 Å². The summed E-state index contributed by atoms with van der Waals surface area (Å²) in [6, 6.07) is 1.69. The molecule has 1 aromatic heterocycles. The minimum Gasteiger partial charge on any atom is -0.384 e. The summed E-state index contributed by atoms with van der Waals surface area (Å²) in [5, 5.41) is 0.706. The highest BCUT2D eigenvalue weighted by Gasteiger charge is 2.16. The number of anilines is 1. The molecule has 1 fully saturated rings. The number of hydrogen-bond donors (Lipinski definition) is 1. The van der Waals surface area contributed by atoms with Crippen molar-refractivity contribution in [3.05, 3.63) is 10.7 Å². The lowest BCUT2D eigenvalue weighted by Crippen LogP contribution is -2.08. The number of nitrogens with two attached hydrogens (primary N) is 1. The van der Waals surface area contributed by atoms with E-state index < -0.39 is 0 Å². The van der Waals surface area contributed by atoms with Gasteiger partial charge in [0.25, 0.3) is 0 Å². The number of halogens is 1. The summed E-state index contributed by atoms with van der Waals surface area (Å²) in [6.45, 7) is 0.882. The van der Waals surface area contributed by atoms with Crippen molar-refractivity contribution in [1.29, 1.82) is 0 Å². The van der Waals surface area contributed by atoms with Gasteiger partial charge in [-0.3, -0.25) is 0 Å². The van der Waals surface area contributed by atoms with Gasteiger partial charge in [0.15, 0.2) is 5.16 Å². The van der Waals surface area contributed by atoms with E-state index in [1.807, 2.05) is 0 Å². The smallest absolute Gasteiger partial charge is 0.190 e. The van der Waals surface area contributed by atoms with Gasteiger partial charge in [0.2, 0.25) is 0 Å². The molecule has 2 heterocycles. The summed E-state index contributed by atoms with van der Waals surface area (Å²) in [5.74, 6) is 1.39. The third-order valence-electron chi connectivity index (χ3n) is 2.12. The number of rotatable bonds is 3. The summed E-state index contributed by atoms with van der Waals surface area (Å²) in [5.41, 5.74) is 5.62. The average molecular weight is 290 g/mol. The van der Waals surface area contributed by atoms with Crippen molar-refractivity contribution in [2.24, 2.45) is 0 Å². The Hall–Kier alpha value is -0.330. The van der Waals surface area contributed by atoms with E-state index in [2.05, 4.69) is 25.9 Å². The van der Waals surface area contributed by atoms with Gasteiger partial charge in [-0.05, 0) is 28.8 Å². The van der Waals surface area contributed by atoms with Crippen LogP contribution in [0.2, 0.25) is 0 Å². The number of ether oxygens (including phenoxy) is 1. The van der Waals surface area contributed by atoms with Crippen LogP contribution in [0.5, 0.6) is 0 Å². The molecule has 2 N–H and O–H groups in total. The van der Waals surface area contributed by atoms with Gasteiger partial charge in [-0.2, -0.15) is 0 Å². The number of thioether (sulfide) groups is 1. The topological polar surface area (TPSA) is 61.0 Å². The zero-order chi connectivity index (χ0) is 10.7. The van der Waals surface area contributed by atoms with E-state index in [0.29, 0.717) is 17.1 Å². The first-order chi connectivity index (χ1) is 7.24. The van der Waals surface area contributed by atoms with Gasteiger partial charge in [-0.1, -0.05) is 11.8 Å². The van der Waals surface area contributed by atoms with Crippen LogP contribution in [0.25, 0.3) is 0 Å². The predicted molar refractivity (Wildman–Crippen MR) is 63.8 cm³/mol. The zero-order valence-electron chi connectivity index (χ0n) is 8.15. The molecule has 0 radical (unpaired) electrons. The van der Waals surface area contributed by atoms with Crippen molar-refractivity contribution in [3.63, 3.8) is 0 Å². The lowest BCUT2D eigenvalue weighted by atomic mass is 10.3. The molecule has 1 aromatic rings. The molecular formula is C9H12BrN3OS. The first kappa shape index (κ1) is 11.2. The van der Waals surface area contributed by atoms with Gasteiger partial charge in [-0.25, -0.2) is 9.97 Å². The highest BCUT2D eigenvalue weighted by Crippen LogP contribution is 2.23. The second-order valence-corrected chi connectivity index (χ2v) is 5.14. The van der Waals surface area contributed by atoms with Crippen molar-refractivity contribution in [1.82, 2.24) is 9.97 Å². The lowest BCUT2D eigenvalue weighted by Gasteiger charge is -2.07. The zero-order valence-corrected chi connectivity index (χ0v) is 10.6. The molecule has 0 aromatic carbocycles. The summed E-state index contributed by atoms with van der Waals surface area (Å²) in [7, 11) is 0. The normalized spacial score (nSPS) is 20.7. The second-order valence-electron chi connectivity index (χ2n) is 3.34. The fourth-order valence-corrected chi connectivity index (χ4v) is 2.87. The Morgan fingerprint density at radius 1 is 1.60 bits per heavy atom. The van der Waals surface area contributed by atoms with Crippen LogP contribution in [-0.2, 0) is 4.74 Å². The molecule has 6 heteroatoms. The van der Waals surface area contributed by atoms with E-state index in [-0.39, 0.29) is 0 Å². The fourth-order valence-electron chi connectivity index (χ4n) is 1.42. The molecule has 1 atom stereocenters. The molecule has 1 saturated heterocycles. The van der Waals surface area contributed by atoms with E-state index in [4.69, 9.17) is 10.5 Å². The first-order valence-corrected chi connectivity index (χ1v) is 6.56. The Morgan fingerprint density at radius 2 is 2.47 bits per heavy atom. The molecule has 82 valence electrons. The monoisotopic (exact) mass is 289 g/mol. The Morgan fingerprint density at radius 3 is 3.13 bits per heavy atom. The van der Waals surface area contributed by atoms with E-state index in [0.717, 1.165) is 29.8 Å². The van der Waals surface area contributed by atoms with Crippen LogP contribution in [0.3, 0.4) is 0 Å². The maximum Gasteiger partial charge on any atom is 0.190 e. The summed E-state index contributed by atoms with van der Waals surface area (Å²) < 4.78 is 6.24. The van der Waals surface area contributed by atoms with Gasteiger partial charge < -0.3 is 10.5 Å². The average Bonchev–Trinajstić information content (AvgIpc) is 2.65. The molecule has 2 rings (SSSR count). The maximum absolute atomic E-state index is 5.62. The standard InChI is InChI=1S/C9H12BrN3OS/c10-7-4-8(11)13-9(12-7)15-5-6-2-1-3-14-6/h4,6H,1-3,5H2,(H2,11,12,13). The van der Waals surface area contributed by atoms with Crippen molar-refractivity contribution in [2.45, 2.75) is 24.1 Å². The molecule has 1 aliphatic heterocycles. The Labute approximate surface area is 101 Å². The van der Waals surface area contributed by atoms with Crippen molar-refractivity contribution in [3.8, 4) is 0 Å². The molecule has 1 unspecified atom stereocenters. The van der Waals surface area contributed by atoms with E-state index in [1.54, 1.807) is 17.8 Å². The van der Waals surface area contributed by atoms with Gasteiger partial charge in [0, 0.05) is 18.4 Å². The minimum absolute atomic E-state index is 0.346. The number of aromatic nitrogens is 2. The van der Waals surface area contributed by atoms with Crippen LogP contribution in [0.1, 0.15) is 12.8 Å². The SMILES string of the molecule is Nc1cc(Br)nc(SCC2CCCO2)n1. The number of nitrogen functional groups attached to an aromatic ring is 1. The summed E-state index contributed by atoms with van der Waals surface area (Å²) >= 11 is 4.88. The quantitative estimate of drug-likeness (QED) is 0.525. The molecule has 0 bridgehead atoms. The fraction of sp³-hybridized carbons (Fsp3) is 0.556. The van der Waals surface area contributed by atoms with Crippen molar-refractivity contribution < 1.29 is 4.74 Å². The Kier molecular flexibility index (Phi) is 3.82. The molecular weight excluding hydrogens is 278 g/mol. The van der Waals surface area contributed by atoms with Crippen LogP contribution in [0.15, 0.2) is 15.8 Å². The predicted octanol–water partition coefficient (Wildman–Crippen LogP) is 2.09. The largest absolute Gasteiger partial charge is 0.384 e. The van der Waals surface area contributed by atoms with Gasteiger partial charge in [-0.15, -0.1) is 0 Å². The minimum atomic E-state index is 0.346. The number of hydrogen-bond acceptors (Lipinski definition) is 5. The molecule has 4 nitrogen and oxygen atoms in total. The molecule has 15 heavy (non-hydrogen) atoms. The van der Waals surface area contributed by atoms with Crippen LogP contribution < -0.4 is 5.73 Å². The maximum atomic E-state index is 5.62. The van der Waals surface area contributed by atoms with Crippen LogP contribution in [-0.4, -0.2) is 28.4 Å². The molecule has 0 saturated carbocycles. The molecule has 1 aliphatic rings. The summed E-state index contributed by atoms with van der Waals surface area (Å²) in [6.07, 6.45) is 2.64. The summed E-state index contributed by atoms with van der Waals surface area (Å²) in [4.78, 5) is 8.37. The lowest BCUT2D eigenvalue weighted by molar-refractivity contribution is 0.129. The Bertz CT molecular complexity index is 324. The van der Waals surface area contributed by atoms with Crippen LogP contribution in [0.4, 0.5) is 5.82 Å². The highest BCUT2D eigenvalue weighted by atomic mass is 79.9. The molecule has 0 spiro atoms.